The summed E-state index contributed by atoms with van der Waals surface area (Å²) in [5.41, 5.74) is 0.928. The van der Waals surface area contributed by atoms with Gasteiger partial charge in [0, 0.05) is 25.8 Å². The maximum absolute atomic E-state index is 9.23. The second kappa shape index (κ2) is 6.28. The molecule has 0 N–H and O–H groups in total. The number of aromatic nitrogens is 3. The number of likely N-dealkylation sites (tertiary alicyclic amines) is 1. The maximum Gasteiger partial charge on any atom is 0.156 e. The standard InChI is InChI=1S/C18H24N6O/c1-14-5-9-23(18(6-7-19)11-25-12-18)10-16(14)22(2)17-15-4-3-8-24(15)21-13-20-17/h3-4,8,13-14,16H,5-6,9-12H2,1-2H3. The van der Waals surface area contributed by atoms with E-state index in [4.69, 9.17) is 4.74 Å². The van der Waals surface area contributed by atoms with Crippen LogP contribution in [0, 0.1) is 17.2 Å². The highest BCUT2D eigenvalue weighted by Gasteiger charge is 2.47. The van der Waals surface area contributed by atoms with Gasteiger partial charge in [-0.25, -0.2) is 9.50 Å². The molecule has 0 aliphatic carbocycles. The molecule has 0 saturated carbocycles. The molecule has 0 amide bonds. The topological polar surface area (TPSA) is 69.7 Å². The number of fused-ring (bicyclic) bond motifs is 1. The number of likely N-dealkylation sites (N-methyl/N-ethyl adjacent to an activating group) is 1. The Bertz CT molecular complexity index is 792. The smallest absolute Gasteiger partial charge is 0.156 e. The highest BCUT2D eigenvalue weighted by molar-refractivity contribution is 5.68. The molecule has 2 unspecified atom stereocenters. The largest absolute Gasteiger partial charge is 0.377 e. The Morgan fingerprint density at radius 1 is 1.48 bits per heavy atom. The second-order valence-electron chi connectivity index (χ2n) is 7.36. The summed E-state index contributed by atoms with van der Waals surface area (Å²) < 4.78 is 7.33. The molecule has 2 atom stereocenters. The lowest BCUT2D eigenvalue weighted by molar-refractivity contribution is -0.147. The fraction of sp³-hybridized carbons (Fsp3) is 0.611. The van der Waals surface area contributed by atoms with Gasteiger partial charge >= 0.3 is 0 Å². The molecule has 7 nitrogen and oxygen atoms in total. The maximum atomic E-state index is 9.23. The number of hydrogen-bond acceptors (Lipinski definition) is 6. The van der Waals surface area contributed by atoms with Crippen LogP contribution >= 0.6 is 0 Å². The zero-order chi connectivity index (χ0) is 17.4. The zero-order valence-corrected chi connectivity index (χ0v) is 14.8. The molecule has 7 heteroatoms. The molecule has 0 aromatic carbocycles. The summed E-state index contributed by atoms with van der Waals surface area (Å²) in [6, 6.07) is 6.74. The lowest BCUT2D eigenvalue weighted by Gasteiger charge is -2.53. The molecular weight excluding hydrogens is 316 g/mol. The first-order valence-electron chi connectivity index (χ1n) is 8.85. The number of anilines is 1. The van der Waals surface area contributed by atoms with Gasteiger partial charge in [0.05, 0.1) is 31.2 Å². The minimum Gasteiger partial charge on any atom is -0.377 e. The van der Waals surface area contributed by atoms with E-state index in [9.17, 15) is 5.26 Å². The van der Waals surface area contributed by atoms with Crippen molar-refractivity contribution in [2.24, 2.45) is 5.92 Å². The number of ether oxygens (including phenoxy) is 1. The molecule has 25 heavy (non-hydrogen) atoms. The van der Waals surface area contributed by atoms with Crippen molar-refractivity contribution in [3.63, 3.8) is 0 Å². The fourth-order valence-corrected chi connectivity index (χ4v) is 4.15. The van der Waals surface area contributed by atoms with Crippen LogP contribution in [0.4, 0.5) is 5.82 Å². The Labute approximate surface area is 147 Å². The predicted octanol–water partition coefficient (Wildman–Crippen LogP) is 1.56. The lowest BCUT2D eigenvalue weighted by atomic mass is 9.84. The molecular formula is C18H24N6O. The Hall–Kier alpha value is -2.17. The van der Waals surface area contributed by atoms with E-state index in [0.717, 1.165) is 30.8 Å². The summed E-state index contributed by atoms with van der Waals surface area (Å²) in [6.45, 7) is 5.60. The minimum atomic E-state index is -0.0932. The van der Waals surface area contributed by atoms with E-state index in [1.807, 2.05) is 22.8 Å². The summed E-state index contributed by atoms with van der Waals surface area (Å²) in [6.07, 6.45) is 5.21. The molecule has 0 bridgehead atoms. The van der Waals surface area contributed by atoms with Crippen LogP contribution in [0.1, 0.15) is 19.8 Å². The number of rotatable bonds is 4. The van der Waals surface area contributed by atoms with Crippen LogP contribution in [0.2, 0.25) is 0 Å². The van der Waals surface area contributed by atoms with E-state index in [1.54, 1.807) is 6.33 Å². The van der Waals surface area contributed by atoms with Crippen molar-refractivity contribution >= 4 is 11.3 Å². The van der Waals surface area contributed by atoms with Crippen molar-refractivity contribution < 1.29 is 4.74 Å². The van der Waals surface area contributed by atoms with E-state index >= 15 is 0 Å². The SMILES string of the molecule is CC1CCN(C2(CC#N)COC2)CC1N(C)c1ncnn2cccc12. The monoisotopic (exact) mass is 340 g/mol. The number of nitriles is 1. The molecule has 2 aliphatic rings. The number of nitrogens with zero attached hydrogens (tertiary/aromatic N) is 6. The van der Waals surface area contributed by atoms with Crippen molar-refractivity contribution in [1.82, 2.24) is 19.5 Å². The van der Waals surface area contributed by atoms with E-state index in [-0.39, 0.29) is 5.54 Å². The average Bonchev–Trinajstić information content (AvgIpc) is 3.07. The first-order chi connectivity index (χ1) is 12.1. The number of hydrogen-bond donors (Lipinski definition) is 0. The van der Waals surface area contributed by atoms with Crippen LogP contribution in [0.5, 0.6) is 0 Å². The highest BCUT2D eigenvalue weighted by atomic mass is 16.5. The molecule has 2 fully saturated rings. The van der Waals surface area contributed by atoms with Crippen LogP contribution < -0.4 is 4.90 Å². The van der Waals surface area contributed by atoms with E-state index < -0.39 is 0 Å². The molecule has 4 rings (SSSR count). The van der Waals surface area contributed by atoms with Crippen LogP contribution in [0.15, 0.2) is 24.7 Å². The third-order valence-electron chi connectivity index (χ3n) is 5.88. The summed E-state index contributed by atoms with van der Waals surface area (Å²) in [5.74, 6) is 1.52. The number of piperidine rings is 1. The van der Waals surface area contributed by atoms with Crippen molar-refractivity contribution in [2.75, 3.05) is 38.3 Å². The van der Waals surface area contributed by atoms with Crippen molar-refractivity contribution in [2.45, 2.75) is 31.3 Å². The Morgan fingerprint density at radius 3 is 3.04 bits per heavy atom. The van der Waals surface area contributed by atoms with Crippen LogP contribution in [-0.4, -0.2) is 64.4 Å². The molecule has 4 heterocycles. The van der Waals surface area contributed by atoms with Gasteiger partial charge in [0.1, 0.15) is 11.8 Å². The van der Waals surface area contributed by atoms with E-state index in [2.05, 4.69) is 39.9 Å². The quantitative estimate of drug-likeness (QED) is 0.841. The van der Waals surface area contributed by atoms with Crippen molar-refractivity contribution in [1.29, 1.82) is 5.26 Å². The second-order valence-corrected chi connectivity index (χ2v) is 7.36. The van der Waals surface area contributed by atoms with Gasteiger partial charge in [-0.15, -0.1) is 0 Å². The summed E-state index contributed by atoms with van der Waals surface area (Å²) in [7, 11) is 2.12. The molecule has 2 saturated heterocycles. The zero-order valence-electron chi connectivity index (χ0n) is 14.8. The molecule has 2 aliphatic heterocycles. The first kappa shape index (κ1) is 16.3. The molecule has 132 valence electrons. The van der Waals surface area contributed by atoms with Gasteiger partial charge in [-0.05, 0) is 31.0 Å². The average molecular weight is 340 g/mol. The molecule has 0 radical (unpaired) electrons. The van der Waals surface area contributed by atoms with Gasteiger partial charge in [0.2, 0.25) is 0 Å². The van der Waals surface area contributed by atoms with Crippen LogP contribution in [0.3, 0.4) is 0 Å². The van der Waals surface area contributed by atoms with Crippen LogP contribution in [0.25, 0.3) is 5.52 Å². The van der Waals surface area contributed by atoms with Crippen molar-refractivity contribution in [3.05, 3.63) is 24.7 Å². The molecule has 2 aromatic heterocycles. The Balaban J connectivity index is 1.60. The van der Waals surface area contributed by atoms with E-state index in [0.29, 0.717) is 31.6 Å². The van der Waals surface area contributed by atoms with Gasteiger partial charge in [0.25, 0.3) is 0 Å². The third kappa shape index (κ3) is 2.66. The summed E-state index contributed by atoms with van der Waals surface area (Å²) >= 11 is 0. The van der Waals surface area contributed by atoms with Gasteiger partial charge in [-0.3, -0.25) is 4.90 Å². The Kier molecular flexibility index (Phi) is 4.10. The fourth-order valence-electron chi connectivity index (χ4n) is 4.15. The van der Waals surface area contributed by atoms with Gasteiger partial charge < -0.3 is 9.64 Å². The third-order valence-corrected chi connectivity index (χ3v) is 5.88. The summed E-state index contributed by atoms with van der Waals surface area (Å²) in [4.78, 5) is 9.30. The van der Waals surface area contributed by atoms with Gasteiger partial charge in [-0.1, -0.05) is 6.92 Å². The van der Waals surface area contributed by atoms with Gasteiger partial charge in [0.15, 0.2) is 5.82 Å². The first-order valence-corrected chi connectivity index (χ1v) is 8.85. The van der Waals surface area contributed by atoms with Crippen LogP contribution in [-0.2, 0) is 4.74 Å². The van der Waals surface area contributed by atoms with E-state index in [1.165, 1.54) is 0 Å². The molecule has 0 spiro atoms. The minimum absolute atomic E-state index is 0.0932. The molecule has 2 aromatic rings. The predicted molar refractivity (Wildman–Crippen MR) is 94.3 cm³/mol. The highest BCUT2D eigenvalue weighted by Crippen LogP contribution is 2.35. The normalized spacial score (nSPS) is 26.1. The van der Waals surface area contributed by atoms with Gasteiger partial charge in [-0.2, -0.15) is 10.4 Å². The Morgan fingerprint density at radius 2 is 2.32 bits per heavy atom. The summed E-state index contributed by atoms with van der Waals surface area (Å²) in [5, 5.41) is 13.5. The van der Waals surface area contributed by atoms with Crippen molar-refractivity contribution in [3.8, 4) is 6.07 Å². The lowest BCUT2D eigenvalue weighted by Crippen LogP contribution is -2.67.